The lowest BCUT2D eigenvalue weighted by molar-refractivity contribution is -0.125. The smallest absolute Gasteiger partial charge is 0.339 e. The Labute approximate surface area is 159 Å². The number of carbonyl (C=O) groups is 2. The van der Waals surface area contributed by atoms with Crippen LogP contribution < -0.4 is 10.1 Å². The number of methoxy groups -OCH3 is 1. The van der Waals surface area contributed by atoms with Crippen molar-refractivity contribution in [2.75, 3.05) is 12.4 Å². The summed E-state index contributed by atoms with van der Waals surface area (Å²) in [5.41, 5.74) is 3.00. The second-order valence-electron chi connectivity index (χ2n) is 6.01. The highest BCUT2D eigenvalue weighted by Gasteiger charge is 2.31. The van der Waals surface area contributed by atoms with Crippen LogP contribution in [0.1, 0.15) is 15.9 Å². The van der Waals surface area contributed by atoms with Crippen molar-refractivity contribution in [3.8, 4) is 17.0 Å². The summed E-state index contributed by atoms with van der Waals surface area (Å²) < 4.78 is 10.4. The Morgan fingerprint density at radius 2 is 2.00 bits per heavy atom. The number of benzene rings is 2. The summed E-state index contributed by atoms with van der Waals surface area (Å²) in [5.74, 6) is -0.0922. The number of rotatable bonds is 4. The molecular formula is C20H16N2O4S. The van der Waals surface area contributed by atoms with Crippen molar-refractivity contribution in [2.45, 2.75) is 12.5 Å². The van der Waals surface area contributed by atoms with Crippen molar-refractivity contribution in [3.05, 3.63) is 65.0 Å². The first kappa shape index (κ1) is 17.2. The van der Waals surface area contributed by atoms with E-state index in [1.165, 1.54) is 11.3 Å². The number of nitrogens with one attached hydrogen (secondary N) is 1. The van der Waals surface area contributed by atoms with E-state index >= 15 is 0 Å². The fourth-order valence-electron chi connectivity index (χ4n) is 2.89. The third-order valence-corrected chi connectivity index (χ3v) is 5.06. The van der Waals surface area contributed by atoms with Crippen LogP contribution in [0.3, 0.4) is 0 Å². The Balaban J connectivity index is 1.46. The number of aromatic nitrogens is 1. The SMILES string of the molecule is COc1ccc(-c2csc(NC(=O)[C@@H]3Cc4ccccc4C(=O)O3)n2)cc1. The highest BCUT2D eigenvalue weighted by Crippen LogP contribution is 2.27. The van der Waals surface area contributed by atoms with Gasteiger partial charge in [0.05, 0.1) is 18.4 Å². The number of amides is 1. The summed E-state index contributed by atoms with van der Waals surface area (Å²) in [7, 11) is 1.61. The molecule has 0 aliphatic carbocycles. The van der Waals surface area contributed by atoms with Gasteiger partial charge in [-0.1, -0.05) is 18.2 Å². The minimum Gasteiger partial charge on any atom is -0.497 e. The number of nitrogens with zero attached hydrogens (tertiary/aromatic N) is 1. The van der Waals surface area contributed by atoms with Crippen LogP contribution in [0.15, 0.2) is 53.9 Å². The molecule has 0 fully saturated rings. The number of cyclic esters (lactones) is 1. The molecule has 0 saturated carbocycles. The van der Waals surface area contributed by atoms with Gasteiger partial charge in [0.1, 0.15) is 5.75 Å². The Hall–Kier alpha value is -3.19. The van der Waals surface area contributed by atoms with Gasteiger partial charge in [0.25, 0.3) is 5.91 Å². The summed E-state index contributed by atoms with van der Waals surface area (Å²) in [6.45, 7) is 0. The molecule has 27 heavy (non-hydrogen) atoms. The lowest BCUT2D eigenvalue weighted by Gasteiger charge is -2.23. The fraction of sp³-hybridized carbons (Fsp3) is 0.150. The predicted molar refractivity (Wildman–Crippen MR) is 102 cm³/mol. The molecule has 3 aromatic rings. The molecule has 1 N–H and O–H groups in total. The van der Waals surface area contributed by atoms with E-state index in [9.17, 15) is 9.59 Å². The number of hydrogen-bond donors (Lipinski definition) is 1. The minimum absolute atomic E-state index is 0.352. The van der Waals surface area contributed by atoms with Crippen molar-refractivity contribution in [1.29, 1.82) is 0 Å². The highest BCUT2D eigenvalue weighted by molar-refractivity contribution is 7.14. The fourth-order valence-corrected chi connectivity index (χ4v) is 3.61. The molecule has 0 saturated heterocycles. The van der Waals surface area contributed by atoms with Crippen molar-refractivity contribution in [1.82, 2.24) is 4.98 Å². The van der Waals surface area contributed by atoms with E-state index in [0.717, 1.165) is 22.6 Å². The molecule has 1 amide bonds. The van der Waals surface area contributed by atoms with Gasteiger partial charge in [-0.05, 0) is 35.9 Å². The van der Waals surface area contributed by atoms with Gasteiger partial charge >= 0.3 is 5.97 Å². The van der Waals surface area contributed by atoms with Crippen LogP contribution in [0, 0.1) is 0 Å². The maximum atomic E-state index is 12.5. The molecule has 1 atom stereocenters. The zero-order valence-electron chi connectivity index (χ0n) is 14.5. The van der Waals surface area contributed by atoms with Gasteiger partial charge in [-0.25, -0.2) is 9.78 Å². The molecule has 1 aliphatic heterocycles. The predicted octanol–water partition coefficient (Wildman–Crippen LogP) is 3.54. The van der Waals surface area contributed by atoms with Gasteiger partial charge in [-0.2, -0.15) is 0 Å². The minimum atomic E-state index is -0.860. The Morgan fingerprint density at radius 3 is 2.78 bits per heavy atom. The summed E-state index contributed by atoms with van der Waals surface area (Å²) in [4.78, 5) is 29.0. The van der Waals surface area contributed by atoms with Crippen molar-refractivity contribution >= 4 is 28.3 Å². The number of carbonyl (C=O) groups excluding carboxylic acids is 2. The van der Waals surface area contributed by atoms with Crippen LogP contribution in [0.25, 0.3) is 11.3 Å². The van der Waals surface area contributed by atoms with Crippen LogP contribution in [0.2, 0.25) is 0 Å². The molecule has 0 radical (unpaired) electrons. The monoisotopic (exact) mass is 380 g/mol. The van der Waals surface area contributed by atoms with E-state index in [-0.39, 0.29) is 5.91 Å². The summed E-state index contributed by atoms with van der Waals surface area (Å²) in [5, 5.41) is 5.06. The first-order valence-electron chi connectivity index (χ1n) is 8.34. The molecule has 2 heterocycles. The molecule has 1 aliphatic rings. The van der Waals surface area contributed by atoms with E-state index in [1.54, 1.807) is 19.2 Å². The molecule has 136 valence electrons. The molecule has 7 heteroatoms. The summed E-state index contributed by atoms with van der Waals surface area (Å²) in [6, 6.07) is 14.7. The van der Waals surface area contributed by atoms with Crippen LogP contribution in [-0.4, -0.2) is 30.1 Å². The normalized spacial score (nSPS) is 15.6. The lowest BCUT2D eigenvalue weighted by atomic mass is 9.98. The van der Waals surface area contributed by atoms with Crippen molar-refractivity contribution < 1.29 is 19.1 Å². The number of thiazole rings is 1. The summed E-state index contributed by atoms with van der Waals surface area (Å²) >= 11 is 1.32. The van der Waals surface area contributed by atoms with Crippen LogP contribution in [0.4, 0.5) is 5.13 Å². The molecular weight excluding hydrogens is 364 g/mol. The Kier molecular flexibility index (Phi) is 4.60. The second-order valence-corrected chi connectivity index (χ2v) is 6.87. The van der Waals surface area contributed by atoms with E-state index in [0.29, 0.717) is 17.1 Å². The molecule has 1 aromatic heterocycles. The quantitative estimate of drug-likeness (QED) is 0.701. The first-order valence-corrected chi connectivity index (χ1v) is 9.22. The van der Waals surface area contributed by atoms with Gasteiger partial charge in [0.2, 0.25) is 0 Å². The Bertz CT molecular complexity index is 997. The summed E-state index contributed by atoms with van der Waals surface area (Å²) in [6.07, 6.45) is -0.509. The lowest BCUT2D eigenvalue weighted by Crippen LogP contribution is -2.37. The standard InChI is InChI=1S/C20H16N2O4S/c1-25-14-8-6-12(7-9-14)16-11-27-20(21-16)22-18(23)17-10-13-4-2-3-5-15(13)19(24)26-17/h2-9,11,17H,10H2,1H3,(H,21,22,23)/t17-/m0/s1. The van der Waals surface area contributed by atoms with Gasteiger partial charge in [-0.15, -0.1) is 11.3 Å². The second kappa shape index (κ2) is 7.20. The molecule has 0 unspecified atom stereocenters. The highest BCUT2D eigenvalue weighted by atomic mass is 32.1. The number of fused-ring (bicyclic) bond motifs is 1. The third kappa shape index (κ3) is 3.54. The van der Waals surface area contributed by atoms with Gasteiger partial charge in [0, 0.05) is 17.4 Å². The maximum absolute atomic E-state index is 12.5. The molecule has 0 spiro atoms. The van der Waals surface area contributed by atoms with Crippen molar-refractivity contribution in [3.63, 3.8) is 0 Å². The molecule has 0 bridgehead atoms. The number of esters is 1. The maximum Gasteiger partial charge on any atom is 0.339 e. The van der Waals surface area contributed by atoms with Gasteiger partial charge < -0.3 is 9.47 Å². The topological polar surface area (TPSA) is 77.5 Å². The number of ether oxygens (including phenoxy) is 2. The van der Waals surface area contributed by atoms with Crippen molar-refractivity contribution in [2.24, 2.45) is 0 Å². The van der Waals surface area contributed by atoms with E-state index < -0.39 is 12.1 Å². The average molecular weight is 380 g/mol. The van der Waals surface area contributed by atoms with E-state index in [1.807, 2.05) is 41.8 Å². The van der Waals surface area contributed by atoms with E-state index in [2.05, 4.69) is 10.3 Å². The third-order valence-electron chi connectivity index (χ3n) is 4.30. The molecule has 6 nitrogen and oxygen atoms in total. The first-order chi connectivity index (χ1) is 13.1. The average Bonchev–Trinajstić information content (AvgIpc) is 3.16. The van der Waals surface area contributed by atoms with Gasteiger partial charge in [-0.3, -0.25) is 10.1 Å². The Morgan fingerprint density at radius 1 is 1.22 bits per heavy atom. The molecule has 4 rings (SSSR count). The largest absolute Gasteiger partial charge is 0.497 e. The van der Waals surface area contributed by atoms with Crippen LogP contribution in [0.5, 0.6) is 5.75 Å². The zero-order chi connectivity index (χ0) is 18.8. The number of hydrogen-bond acceptors (Lipinski definition) is 6. The van der Waals surface area contributed by atoms with E-state index in [4.69, 9.17) is 9.47 Å². The van der Waals surface area contributed by atoms with Crippen LogP contribution >= 0.6 is 11.3 Å². The van der Waals surface area contributed by atoms with Crippen LogP contribution in [-0.2, 0) is 16.0 Å². The zero-order valence-corrected chi connectivity index (χ0v) is 15.3. The van der Waals surface area contributed by atoms with Gasteiger partial charge in [0.15, 0.2) is 11.2 Å². The number of anilines is 1. The molecule has 2 aromatic carbocycles.